The van der Waals surface area contributed by atoms with Crippen LogP contribution in [0, 0.1) is 5.82 Å². The average Bonchev–Trinajstić information content (AvgIpc) is 3.27. The Morgan fingerprint density at radius 3 is 2.58 bits per heavy atom. The maximum absolute atomic E-state index is 14.1. The Balaban J connectivity index is 1.66. The third-order valence-electron chi connectivity index (χ3n) is 4.44. The molecule has 1 N–H and O–H groups in total. The highest BCUT2D eigenvalue weighted by Gasteiger charge is 2.34. The molecule has 0 saturated carbocycles. The van der Waals surface area contributed by atoms with E-state index >= 15 is 0 Å². The molecule has 0 radical (unpaired) electrons. The number of carbonyl (C=O) groups excluding carboxylic acids is 2. The summed E-state index contributed by atoms with van der Waals surface area (Å²) in [5, 5.41) is 2.53. The Bertz CT molecular complexity index is 1280. The Hall–Kier alpha value is -3.79. The molecule has 1 amide bonds. The minimum Gasteiger partial charge on any atom is -0.286 e. The molecule has 0 saturated heterocycles. The number of nitrogens with zero attached hydrogens (tertiary/aromatic N) is 3. The number of thioether (sulfide) groups is 1. The van der Waals surface area contributed by atoms with Gasteiger partial charge in [0.2, 0.25) is 5.78 Å². The Morgan fingerprint density at radius 2 is 1.90 bits per heavy atom. The number of rotatable bonds is 5. The van der Waals surface area contributed by atoms with E-state index < -0.39 is 23.1 Å². The first-order valence-corrected chi connectivity index (χ1v) is 10.1. The van der Waals surface area contributed by atoms with Crippen LogP contribution in [-0.2, 0) is 11.8 Å². The molecule has 2 heterocycles. The molecule has 1 aliphatic heterocycles. The van der Waals surface area contributed by atoms with E-state index in [0.29, 0.717) is 5.69 Å². The predicted molar refractivity (Wildman–Crippen MR) is 113 cm³/mol. The fourth-order valence-electron chi connectivity index (χ4n) is 2.98. The van der Waals surface area contributed by atoms with E-state index in [1.54, 1.807) is 42.5 Å². The third-order valence-corrected chi connectivity index (χ3v) is 5.38. The SMILES string of the molecule is C[n+]1[nH]oc(=O)c1C(=O)CSC1=N/C(=C/c2ccccc2F)C(=O)N1c1ccccc1. The maximum Gasteiger partial charge on any atom is 0.438 e. The van der Waals surface area contributed by atoms with E-state index in [-0.39, 0.29) is 27.9 Å². The van der Waals surface area contributed by atoms with E-state index in [1.807, 2.05) is 0 Å². The zero-order valence-electron chi connectivity index (χ0n) is 16.2. The number of nitrogens with one attached hydrogen (secondary N) is 1. The summed E-state index contributed by atoms with van der Waals surface area (Å²) in [6.07, 6.45) is 1.36. The van der Waals surface area contributed by atoms with Crippen LogP contribution in [0.15, 0.2) is 74.6 Å². The zero-order valence-corrected chi connectivity index (χ0v) is 17.1. The zero-order chi connectivity index (χ0) is 22.0. The highest BCUT2D eigenvalue weighted by molar-refractivity contribution is 8.14. The van der Waals surface area contributed by atoms with Gasteiger partial charge in [0.25, 0.3) is 5.91 Å². The number of amidine groups is 1. The Morgan fingerprint density at radius 1 is 1.19 bits per heavy atom. The van der Waals surface area contributed by atoms with E-state index in [4.69, 9.17) is 0 Å². The molecule has 0 spiro atoms. The summed E-state index contributed by atoms with van der Waals surface area (Å²) >= 11 is 0.996. The summed E-state index contributed by atoms with van der Waals surface area (Å²) in [6, 6.07) is 14.8. The quantitative estimate of drug-likeness (QED) is 0.374. The number of para-hydroxylation sites is 1. The molecule has 2 aromatic carbocycles. The summed E-state index contributed by atoms with van der Waals surface area (Å²) in [7, 11) is 1.48. The summed E-state index contributed by atoms with van der Waals surface area (Å²) in [6.45, 7) is 0. The first kappa shape index (κ1) is 20.5. The van der Waals surface area contributed by atoms with Gasteiger partial charge in [-0.1, -0.05) is 52.8 Å². The number of hydrogen-bond donors (Lipinski definition) is 1. The van der Waals surface area contributed by atoms with Gasteiger partial charge in [-0.25, -0.2) is 14.2 Å². The first-order valence-electron chi connectivity index (χ1n) is 9.13. The molecule has 10 heteroatoms. The number of aliphatic imine (C=N–C) groups is 1. The van der Waals surface area contributed by atoms with Crippen LogP contribution in [0.2, 0.25) is 0 Å². The molecule has 0 bridgehead atoms. The molecular formula is C21H16FN4O4S+. The van der Waals surface area contributed by atoms with Gasteiger partial charge in [-0.05, 0) is 29.5 Å². The molecule has 3 aromatic rings. The van der Waals surface area contributed by atoms with Gasteiger partial charge in [0.15, 0.2) is 12.2 Å². The molecule has 156 valence electrons. The molecular weight excluding hydrogens is 423 g/mol. The van der Waals surface area contributed by atoms with Crippen molar-refractivity contribution >= 4 is 40.4 Å². The largest absolute Gasteiger partial charge is 0.438 e. The van der Waals surface area contributed by atoms with Gasteiger partial charge in [-0.2, -0.15) is 0 Å². The number of carbonyl (C=O) groups is 2. The fraction of sp³-hybridized carbons (Fsp3) is 0.0952. The minimum absolute atomic E-state index is 0.0376. The summed E-state index contributed by atoms with van der Waals surface area (Å²) in [5.41, 5.74) is -0.115. The maximum atomic E-state index is 14.1. The van der Waals surface area contributed by atoms with Crippen molar-refractivity contribution in [2.45, 2.75) is 0 Å². The number of benzene rings is 2. The topological polar surface area (TPSA) is 99.6 Å². The van der Waals surface area contributed by atoms with Gasteiger partial charge >= 0.3 is 11.3 Å². The fourth-order valence-corrected chi connectivity index (χ4v) is 3.85. The van der Waals surface area contributed by atoms with Crippen molar-refractivity contribution in [2.75, 3.05) is 10.7 Å². The van der Waals surface area contributed by atoms with Gasteiger partial charge in [0.05, 0.1) is 11.4 Å². The molecule has 0 atom stereocenters. The number of H-pyrrole nitrogens is 1. The van der Waals surface area contributed by atoms with Crippen molar-refractivity contribution in [1.82, 2.24) is 5.27 Å². The molecule has 1 aliphatic rings. The number of halogens is 1. The van der Waals surface area contributed by atoms with Crippen LogP contribution in [0.1, 0.15) is 16.1 Å². The number of aryl methyl sites for hydroxylation is 1. The van der Waals surface area contributed by atoms with Crippen molar-refractivity contribution < 1.29 is 23.2 Å². The molecule has 0 fully saturated rings. The second kappa shape index (κ2) is 8.52. The van der Waals surface area contributed by atoms with Gasteiger partial charge in [0.1, 0.15) is 11.5 Å². The molecule has 4 rings (SSSR count). The summed E-state index contributed by atoms with van der Waals surface area (Å²) in [5.74, 6) is -1.57. The second-order valence-electron chi connectivity index (χ2n) is 6.52. The Kier molecular flexibility index (Phi) is 5.63. The first-order chi connectivity index (χ1) is 15.0. The summed E-state index contributed by atoms with van der Waals surface area (Å²) in [4.78, 5) is 43.0. The van der Waals surface area contributed by atoms with Gasteiger partial charge in [-0.3, -0.25) is 19.0 Å². The van der Waals surface area contributed by atoms with E-state index in [1.165, 1.54) is 34.8 Å². The smallest absolute Gasteiger partial charge is 0.286 e. The number of amides is 1. The molecule has 0 aliphatic carbocycles. The van der Waals surface area contributed by atoms with Crippen LogP contribution in [0.4, 0.5) is 10.1 Å². The lowest BCUT2D eigenvalue weighted by Crippen LogP contribution is -2.40. The van der Waals surface area contributed by atoms with E-state index in [0.717, 1.165) is 11.8 Å². The minimum atomic E-state index is -0.780. The van der Waals surface area contributed by atoms with Crippen molar-refractivity contribution in [2.24, 2.45) is 12.0 Å². The van der Waals surface area contributed by atoms with E-state index in [9.17, 15) is 18.8 Å². The number of Topliss-reactive ketones (excluding diaryl/α,β-unsaturated/α-hetero) is 1. The number of hydrogen-bond acceptors (Lipinski definition) is 6. The van der Waals surface area contributed by atoms with Gasteiger partial charge in [0, 0.05) is 5.56 Å². The van der Waals surface area contributed by atoms with Crippen LogP contribution in [0.3, 0.4) is 0 Å². The Labute approximate surface area is 179 Å². The third kappa shape index (κ3) is 4.10. The summed E-state index contributed by atoms with van der Waals surface area (Å²) < 4.78 is 19.9. The van der Waals surface area contributed by atoms with Crippen molar-refractivity contribution in [3.05, 3.63) is 87.8 Å². The number of aromatic amines is 1. The van der Waals surface area contributed by atoms with Crippen molar-refractivity contribution in [3.8, 4) is 0 Å². The standard InChI is InChI=1S/C21H15FN4O4S/c1-25-18(20(29)30-24-25)17(27)12-31-21-23-16(11-13-7-5-6-10-15(13)22)19(28)26(21)14-8-3-2-4-9-14/h2-11H,12H2,1H3/p+1/b16-11+. The van der Waals surface area contributed by atoms with Crippen LogP contribution in [-0.4, -0.2) is 27.9 Å². The van der Waals surface area contributed by atoms with Crippen molar-refractivity contribution in [3.63, 3.8) is 0 Å². The van der Waals surface area contributed by atoms with Crippen LogP contribution < -0.4 is 15.2 Å². The van der Waals surface area contributed by atoms with Crippen molar-refractivity contribution in [1.29, 1.82) is 0 Å². The number of ketones is 1. The highest BCUT2D eigenvalue weighted by Crippen LogP contribution is 2.29. The van der Waals surface area contributed by atoms with Crippen LogP contribution >= 0.6 is 11.8 Å². The highest BCUT2D eigenvalue weighted by atomic mass is 32.2. The molecule has 1 aromatic heterocycles. The number of aromatic nitrogens is 2. The second-order valence-corrected chi connectivity index (χ2v) is 7.46. The number of anilines is 1. The average molecular weight is 439 g/mol. The van der Waals surface area contributed by atoms with Crippen LogP contribution in [0.25, 0.3) is 6.08 Å². The van der Waals surface area contributed by atoms with Gasteiger partial charge in [-0.15, -0.1) is 0 Å². The normalized spacial score (nSPS) is 14.9. The lowest BCUT2D eigenvalue weighted by Gasteiger charge is -2.17. The van der Waals surface area contributed by atoms with E-state index in [2.05, 4.69) is 14.8 Å². The lowest BCUT2D eigenvalue weighted by atomic mass is 10.1. The molecule has 0 unspecified atom stereocenters. The van der Waals surface area contributed by atoms with Crippen LogP contribution in [0.5, 0.6) is 0 Å². The predicted octanol–water partition coefficient (Wildman–Crippen LogP) is 2.29. The lowest BCUT2D eigenvalue weighted by molar-refractivity contribution is -0.741. The molecule has 8 nitrogen and oxygen atoms in total. The van der Waals surface area contributed by atoms with Gasteiger partial charge < -0.3 is 0 Å². The monoisotopic (exact) mass is 439 g/mol. The molecule has 31 heavy (non-hydrogen) atoms.